The van der Waals surface area contributed by atoms with Crippen LogP contribution in [0, 0.1) is 5.92 Å². The predicted octanol–water partition coefficient (Wildman–Crippen LogP) is 3.38. The summed E-state index contributed by atoms with van der Waals surface area (Å²) in [4.78, 5) is 15.2. The number of fused-ring (bicyclic) bond motifs is 4. The summed E-state index contributed by atoms with van der Waals surface area (Å²) in [5, 5.41) is 4.16. The number of furan rings is 1. The summed E-state index contributed by atoms with van der Waals surface area (Å²) in [6.07, 6.45) is 5.77. The van der Waals surface area contributed by atoms with Crippen LogP contribution in [-0.4, -0.2) is 40.9 Å². The van der Waals surface area contributed by atoms with E-state index in [1.165, 1.54) is 37.5 Å². The molecule has 6 heteroatoms. The van der Waals surface area contributed by atoms with Crippen molar-refractivity contribution in [2.75, 3.05) is 19.6 Å². The van der Waals surface area contributed by atoms with Crippen molar-refractivity contribution in [3.63, 3.8) is 0 Å². The summed E-state index contributed by atoms with van der Waals surface area (Å²) in [5.41, 5.74) is 2.66. The second-order valence-corrected chi connectivity index (χ2v) is 7.78. The molecule has 2 aromatic heterocycles. The van der Waals surface area contributed by atoms with Gasteiger partial charge in [-0.1, -0.05) is 12.1 Å². The molecule has 3 aromatic rings. The van der Waals surface area contributed by atoms with Gasteiger partial charge in [0, 0.05) is 23.5 Å². The number of rotatable bonds is 3. The third kappa shape index (κ3) is 2.65. The van der Waals surface area contributed by atoms with Crippen molar-refractivity contribution in [1.82, 2.24) is 14.6 Å². The van der Waals surface area contributed by atoms with Gasteiger partial charge in [-0.2, -0.15) is 4.37 Å². The molecule has 0 aliphatic carbocycles. The summed E-state index contributed by atoms with van der Waals surface area (Å²) >= 11 is 1.38. The second-order valence-electron chi connectivity index (χ2n) is 6.97. The zero-order valence-electron chi connectivity index (χ0n) is 13.8. The summed E-state index contributed by atoms with van der Waals surface area (Å²) in [6, 6.07) is 8.28. The highest BCUT2D eigenvalue weighted by Gasteiger charge is 2.35. The van der Waals surface area contributed by atoms with Crippen molar-refractivity contribution < 1.29 is 9.21 Å². The standard InChI is InChI=1S/C19H19N3O2S/c23-19(20-16-10-22-6-3-12(16)4-7-22)18-15-2-1-13(9-17(15)25-21-18)14-5-8-24-11-14/h1-2,5,8-9,11-12,16H,3-4,6-7,10H2,(H,20,23). The average Bonchev–Trinajstić information content (AvgIpc) is 3.32. The molecule has 0 saturated carbocycles. The van der Waals surface area contributed by atoms with E-state index in [1.807, 2.05) is 18.2 Å². The number of nitrogens with zero attached hydrogens (tertiary/aromatic N) is 2. The molecule has 1 amide bonds. The van der Waals surface area contributed by atoms with E-state index in [2.05, 4.69) is 20.7 Å². The number of hydrogen-bond acceptors (Lipinski definition) is 5. The molecular formula is C19H19N3O2S. The summed E-state index contributed by atoms with van der Waals surface area (Å²) < 4.78 is 10.6. The van der Waals surface area contributed by atoms with Crippen LogP contribution in [0.1, 0.15) is 23.3 Å². The topological polar surface area (TPSA) is 58.4 Å². The van der Waals surface area contributed by atoms with Gasteiger partial charge in [0.2, 0.25) is 0 Å². The minimum Gasteiger partial charge on any atom is -0.472 e. The van der Waals surface area contributed by atoms with E-state index in [1.54, 1.807) is 12.5 Å². The molecule has 1 N–H and O–H groups in total. The smallest absolute Gasteiger partial charge is 0.271 e. The Morgan fingerprint density at radius 2 is 2.12 bits per heavy atom. The van der Waals surface area contributed by atoms with Crippen molar-refractivity contribution in [2.45, 2.75) is 18.9 Å². The molecule has 3 saturated heterocycles. The molecule has 5 heterocycles. The zero-order valence-corrected chi connectivity index (χ0v) is 14.6. The Labute approximate surface area is 149 Å². The van der Waals surface area contributed by atoms with Gasteiger partial charge in [-0.25, -0.2) is 0 Å². The van der Waals surface area contributed by atoms with Gasteiger partial charge in [0.25, 0.3) is 5.91 Å². The molecule has 1 unspecified atom stereocenters. The van der Waals surface area contributed by atoms with Crippen molar-refractivity contribution in [2.24, 2.45) is 5.92 Å². The van der Waals surface area contributed by atoms with Crippen LogP contribution < -0.4 is 5.32 Å². The molecule has 0 radical (unpaired) electrons. The van der Waals surface area contributed by atoms with Crippen LogP contribution >= 0.6 is 11.5 Å². The van der Waals surface area contributed by atoms with Crippen LogP contribution in [-0.2, 0) is 0 Å². The lowest BCUT2D eigenvalue weighted by Crippen LogP contribution is -2.57. The van der Waals surface area contributed by atoms with E-state index in [0.717, 1.165) is 27.8 Å². The lowest BCUT2D eigenvalue weighted by atomic mass is 9.84. The number of hydrogen-bond donors (Lipinski definition) is 1. The van der Waals surface area contributed by atoms with Crippen molar-refractivity contribution in [3.8, 4) is 11.1 Å². The SMILES string of the molecule is O=C(NC1CN2CCC1CC2)c1nsc2cc(-c3ccoc3)ccc12. The Morgan fingerprint density at radius 3 is 2.84 bits per heavy atom. The summed E-state index contributed by atoms with van der Waals surface area (Å²) in [5.74, 6) is 0.576. The molecular weight excluding hydrogens is 334 g/mol. The fraction of sp³-hybridized carbons (Fsp3) is 0.368. The Hall–Kier alpha value is -2.18. The minimum absolute atomic E-state index is 0.0407. The number of benzene rings is 1. The molecule has 25 heavy (non-hydrogen) atoms. The number of carbonyl (C=O) groups is 1. The number of amides is 1. The van der Waals surface area contributed by atoms with Crippen LogP contribution in [0.3, 0.4) is 0 Å². The lowest BCUT2D eigenvalue weighted by molar-refractivity contribution is 0.0619. The first kappa shape index (κ1) is 15.1. The molecule has 0 spiro atoms. The molecule has 2 bridgehead atoms. The number of nitrogens with one attached hydrogen (secondary N) is 1. The molecule has 5 nitrogen and oxygen atoms in total. The summed E-state index contributed by atoms with van der Waals surface area (Å²) in [6.45, 7) is 3.32. The van der Waals surface area contributed by atoms with E-state index in [0.29, 0.717) is 11.6 Å². The molecule has 3 fully saturated rings. The Balaban J connectivity index is 1.40. The first-order valence-electron chi connectivity index (χ1n) is 8.73. The van der Waals surface area contributed by atoms with E-state index in [4.69, 9.17) is 4.42 Å². The van der Waals surface area contributed by atoms with Crippen molar-refractivity contribution in [1.29, 1.82) is 0 Å². The maximum atomic E-state index is 12.8. The van der Waals surface area contributed by atoms with Gasteiger partial charge in [0.05, 0.1) is 17.2 Å². The maximum absolute atomic E-state index is 12.8. The van der Waals surface area contributed by atoms with E-state index < -0.39 is 0 Å². The van der Waals surface area contributed by atoms with Crippen LogP contribution in [0.25, 0.3) is 21.2 Å². The Bertz CT molecular complexity index is 910. The second kappa shape index (κ2) is 5.97. The van der Waals surface area contributed by atoms with E-state index in [-0.39, 0.29) is 11.9 Å². The molecule has 1 atom stereocenters. The van der Waals surface area contributed by atoms with Gasteiger partial charge in [-0.05, 0) is 61.1 Å². The number of aromatic nitrogens is 1. The van der Waals surface area contributed by atoms with E-state index in [9.17, 15) is 4.79 Å². The molecule has 3 aliphatic rings. The zero-order chi connectivity index (χ0) is 16.8. The largest absolute Gasteiger partial charge is 0.472 e. The van der Waals surface area contributed by atoms with Crippen molar-refractivity contribution in [3.05, 3.63) is 42.5 Å². The van der Waals surface area contributed by atoms with Crippen LogP contribution in [0.2, 0.25) is 0 Å². The van der Waals surface area contributed by atoms with Gasteiger partial charge in [0.15, 0.2) is 0 Å². The van der Waals surface area contributed by atoms with Gasteiger partial charge in [-0.15, -0.1) is 0 Å². The molecule has 1 aromatic carbocycles. The normalized spacial score (nSPS) is 25.4. The van der Waals surface area contributed by atoms with Gasteiger partial charge in [-0.3, -0.25) is 4.79 Å². The first-order chi connectivity index (χ1) is 12.3. The van der Waals surface area contributed by atoms with Gasteiger partial charge < -0.3 is 14.6 Å². The lowest BCUT2D eigenvalue weighted by Gasteiger charge is -2.44. The summed E-state index contributed by atoms with van der Waals surface area (Å²) in [7, 11) is 0. The monoisotopic (exact) mass is 353 g/mol. The number of piperidine rings is 3. The molecule has 3 aliphatic heterocycles. The minimum atomic E-state index is -0.0407. The van der Waals surface area contributed by atoms with Gasteiger partial charge in [0.1, 0.15) is 5.69 Å². The highest BCUT2D eigenvalue weighted by Crippen LogP contribution is 2.30. The average molecular weight is 353 g/mol. The highest BCUT2D eigenvalue weighted by molar-refractivity contribution is 7.13. The Kier molecular flexibility index (Phi) is 3.60. The van der Waals surface area contributed by atoms with Crippen LogP contribution in [0.4, 0.5) is 0 Å². The predicted molar refractivity (Wildman–Crippen MR) is 97.7 cm³/mol. The molecule has 128 valence electrons. The van der Waals surface area contributed by atoms with Crippen LogP contribution in [0.5, 0.6) is 0 Å². The molecule has 6 rings (SSSR count). The third-order valence-electron chi connectivity index (χ3n) is 5.51. The Morgan fingerprint density at radius 1 is 1.24 bits per heavy atom. The third-order valence-corrected chi connectivity index (χ3v) is 6.32. The fourth-order valence-corrected chi connectivity index (χ4v) is 4.89. The number of carbonyl (C=O) groups excluding carboxylic acids is 1. The fourth-order valence-electron chi connectivity index (χ4n) is 4.07. The maximum Gasteiger partial charge on any atom is 0.271 e. The van der Waals surface area contributed by atoms with E-state index >= 15 is 0 Å². The van der Waals surface area contributed by atoms with Gasteiger partial charge >= 0.3 is 0 Å². The quantitative estimate of drug-likeness (QED) is 0.784. The highest BCUT2D eigenvalue weighted by atomic mass is 32.1. The first-order valence-corrected chi connectivity index (χ1v) is 9.50. The van der Waals surface area contributed by atoms with Crippen LogP contribution in [0.15, 0.2) is 41.2 Å². The van der Waals surface area contributed by atoms with Crippen molar-refractivity contribution >= 4 is 27.5 Å².